The first-order valence-electron chi connectivity index (χ1n) is 5.97. The SMILES string of the molecule is CNCN(C)Cc1cc(C(C)C)ccc1C. The van der Waals surface area contributed by atoms with Crippen molar-refractivity contribution in [3.05, 3.63) is 34.9 Å². The number of hydrogen-bond acceptors (Lipinski definition) is 2. The predicted octanol–water partition coefficient (Wildman–Crippen LogP) is 2.73. The van der Waals surface area contributed by atoms with Gasteiger partial charge in [-0.15, -0.1) is 0 Å². The molecule has 1 aromatic rings. The highest BCUT2D eigenvalue weighted by atomic mass is 15.2. The maximum absolute atomic E-state index is 3.17. The summed E-state index contributed by atoms with van der Waals surface area (Å²) in [6, 6.07) is 6.81. The second kappa shape index (κ2) is 6.02. The predicted molar refractivity (Wildman–Crippen MR) is 70.7 cm³/mol. The first-order valence-corrected chi connectivity index (χ1v) is 5.97. The number of benzene rings is 1. The van der Waals surface area contributed by atoms with Gasteiger partial charge < -0.3 is 5.32 Å². The second-order valence-electron chi connectivity index (χ2n) is 4.87. The van der Waals surface area contributed by atoms with Crippen LogP contribution in [-0.4, -0.2) is 25.7 Å². The van der Waals surface area contributed by atoms with Gasteiger partial charge >= 0.3 is 0 Å². The average molecular weight is 220 g/mol. The lowest BCUT2D eigenvalue weighted by Gasteiger charge is -2.18. The monoisotopic (exact) mass is 220 g/mol. The molecule has 0 spiro atoms. The molecule has 0 aromatic heterocycles. The van der Waals surface area contributed by atoms with E-state index in [2.05, 4.69) is 56.2 Å². The van der Waals surface area contributed by atoms with E-state index in [4.69, 9.17) is 0 Å². The summed E-state index contributed by atoms with van der Waals surface area (Å²) < 4.78 is 0. The minimum Gasteiger partial charge on any atom is -0.307 e. The van der Waals surface area contributed by atoms with Crippen LogP contribution in [0.4, 0.5) is 0 Å². The zero-order valence-electron chi connectivity index (χ0n) is 11.2. The van der Waals surface area contributed by atoms with Crippen LogP contribution in [0, 0.1) is 6.92 Å². The van der Waals surface area contributed by atoms with Crippen molar-refractivity contribution in [3.63, 3.8) is 0 Å². The molecule has 0 radical (unpaired) electrons. The van der Waals surface area contributed by atoms with Crippen LogP contribution in [0.1, 0.15) is 36.5 Å². The van der Waals surface area contributed by atoms with Gasteiger partial charge in [0, 0.05) is 13.2 Å². The Hall–Kier alpha value is -0.860. The first kappa shape index (κ1) is 13.2. The zero-order chi connectivity index (χ0) is 12.1. The van der Waals surface area contributed by atoms with E-state index < -0.39 is 0 Å². The van der Waals surface area contributed by atoms with Gasteiger partial charge in [-0.1, -0.05) is 32.0 Å². The Labute approximate surface area is 99.7 Å². The molecule has 1 N–H and O–H groups in total. The van der Waals surface area contributed by atoms with Crippen LogP contribution in [0.3, 0.4) is 0 Å². The fraction of sp³-hybridized carbons (Fsp3) is 0.571. The van der Waals surface area contributed by atoms with Crippen LogP contribution in [0.5, 0.6) is 0 Å². The van der Waals surface area contributed by atoms with Crippen molar-refractivity contribution < 1.29 is 0 Å². The third-order valence-corrected chi connectivity index (χ3v) is 2.91. The highest BCUT2D eigenvalue weighted by Gasteiger charge is 2.05. The minimum absolute atomic E-state index is 0.606. The van der Waals surface area contributed by atoms with Crippen molar-refractivity contribution in [2.24, 2.45) is 0 Å². The summed E-state index contributed by atoms with van der Waals surface area (Å²) in [5.74, 6) is 0.606. The number of nitrogens with zero attached hydrogens (tertiary/aromatic N) is 1. The molecule has 1 aromatic carbocycles. The third-order valence-electron chi connectivity index (χ3n) is 2.91. The molecule has 90 valence electrons. The Morgan fingerprint density at radius 2 is 2.00 bits per heavy atom. The van der Waals surface area contributed by atoms with E-state index in [0.29, 0.717) is 5.92 Å². The van der Waals surface area contributed by atoms with Gasteiger partial charge in [-0.2, -0.15) is 0 Å². The van der Waals surface area contributed by atoms with Gasteiger partial charge in [0.1, 0.15) is 0 Å². The summed E-state index contributed by atoms with van der Waals surface area (Å²) in [7, 11) is 4.12. The average Bonchev–Trinajstić information content (AvgIpc) is 2.21. The van der Waals surface area contributed by atoms with Gasteiger partial charge in [-0.05, 0) is 43.6 Å². The number of aryl methyl sites for hydroxylation is 1. The highest BCUT2D eigenvalue weighted by molar-refractivity contribution is 5.32. The molecule has 0 bridgehead atoms. The lowest BCUT2D eigenvalue weighted by atomic mass is 9.98. The van der Waals surface area contributed by atoms with Crippen LogP contribution in [0.25, 0.3) is 0 Å². The van der Waals surface area contributed by atoms with Crippen LogP contribution in [0.2, 0.25) is 0 Å². The van der Waals surface area contributed by atoms with Gasteiger partial charge in [-0.25, -0.2) is 0 Å². The molecule has 1 rings (SSSR count). The number of hydrogen-bond donors (Lipinski definition) is 1. The van der Waals surface area contributed by atoms with Crippen LogP contribution in [0.15, 0.2) is 18.2 Å². The molecule has 0 heterocycles. The van der Waals surface area contributed by atoms with Gasteiger partial charge in [0.2, 0.25) is 0 Å². The molecule has 2 nitrogen and oxygen atoms in total. The molecule has 0 aliphatic heterocycles. The topological polar surface area (TPSA) is 15.3 Å². The molecule has 0 atom stereocenters. The van der Waals surface area contributed by atoms with Gasteiger partial charge in [-0.3, -0.25) is 4.90 Å². The molecule has 0 unspecified atom stereocenters. The van der Waals surface area contributed by atoms with E-state index >= 15 is 0 Å². The lowest BCUT2D eigenvalue weighted by Crippen LogP contribution is -2.28. The Morgan fingerprint density at radius 3 is 2.56 bits per heavy atom. The van der Waals surface area contributed by atoms with Crippen molar-refractivity contribution in [2.75, 3.05) is 20.8 Å². The largest absolute Gasteiger partial charge is 0.307 e. The molecule has 0 amide bonds. The van der Waals surface area contributed by atoms with E-state index in [1.807, 2.05) is 7.05 Å². The van der Waals surface area contributed by atoms with E-state index in [1.165, 1.54) is 16.7 Å². The maximum atomic E-state index is 3.17. The van der Waals surface area contributed by atoms with Crippen LogP contribution < -0.4 is 5.32 Å². The number of nitrogens with one attached hydrogen (secondary N) is 1. The lowest BCUT2D eigenvalue weighted by molar-refractivity contribution is 0.309. The summed E-state index contributed by atoms with van der Waals surface area (Å²) >= 11 is 0. The van der Waals surface area contributed by atoms with Crippen LogP contribution >= 0.6 is 0 Å². The summed E-state index contributed by atoms with van der Waals surface area (Å²) in [4.78, 5) is 2.28. The standard InChI is InChI=1S/C14H24N2/c1-11(2)13-7-6-12(3)14(8-13)9-16(5)10-15-4/h6-8,11,15H,9-10H2,1-5H3. The summed E-state index contributed by atoms with van der Waals surface area (Å²) in [6.07, 6.45) is 0. The molecular weight excluding hydrogens is 196 g/mol. The smallest absolute Gasteiger partial charge is 0.0478 e. The summed E-state index contributed by atoms with van der Waals surface area (Å²) in [5.41, 5.74) is 4.25. The minimum atomic E-state index is 0.606. The van der Waals surface area contributed by atoms with Gasteiger partial charge in [0.05, 0.1) is 0 Å². The molecule has 0 saturated carbocycles. The fourth-order valence-electron chi connectivity index (χ4n) is 1.84. The van der Waals surface area contributed by atoms with Gasteiger partial charge in [0.25, 0.3) is 0 Å². The highest BCUT2D eigenvalue weighted by Crippen LogP contribution is 2.19. The molecule has 0 fully saturated rings. The quantitative estimate of drug-likeness (QED) is 0.768. The normalized spacial score (nSPS) is 11.4. The zero-order valence-corrected chi connectivity index (χ0v) is 11.2. The number of rotatable bonds is 5. The fourth-order valence-corrected chi connectivity index (χ4v) is 1.84. The van der Waals surface area contributed by atoms with Crippen molar-refractivity contribution in [1.82, 2.24) is 10.2 Å². The second-order valence-corrected chi connectivity index (χ2v) is 4.87. The third kappa shape index (κ3) is 3.62. The molecule has 16 heavy (non-hydrogen) atoms. The van der Waals surface area contributed by atoms with Crippen molar-refractivity contribution in [1.29, 1.82) is 0 Å². The Balaban J connectivity index is 2.81. The maximum Gasteiger partial charge on any atom is 0.0478 e. The van der Waals surface area contributed by atoms with Crippen molar-refractivity contribution >= 4 is 0 Å². The molecule has 0 aliphatic carbocycles. The molecule has 0 aliphatic rings. The summed E-state index contributed by atoms with van der Waals surface area (Å²) in [5, 5.41) is 3.17. The van der Waals surface area contributed by atoms with E-state index in [1.54, 1.807) is 0 Å². The van der Waals surface area contributed by atoms with E-state index in [-0.39, 0.29) is 0 Å². The molecule has 2 heteroatoms. The molecule has 0 saturated heterocycles. The Morgan fingerprint density at radius 1 is 1.31 bits per heavy atom. The van der Waals surface area contributed by atoms with Crippen molar-refractivity contribution in [3.8, 4) is 0 Å². The van der Waals surface area contributed by atoms with E-state index in [0.717, 1.165) is 13.2 Å². The molecular formula is C14H24N2. The van der Waals surface area contributed by atoms with Gasteiger partial charge in [0.15, 0.2) is 0 Å². The van der Waals surface area contributed by atoms with Crippen molar-refractivity contribution in [2.45, 2.75) is 33.2 Å². The first-order chi connectivity index (χ1) is 7.54. The Kier molecular flexibility index (Phi) is 4.97. The summed E-state index contributed by atoms with van der Waals surface area (Å²) in [6.45, 7) is 8.60. The van der Waals surface area contributed by atoms with E-state index in [9.17, 15) is 0 Å². The Bertz CT molecular complexity index is 332. The van der Waals surface area contributed by atoms with Crippen LogP contribution in [-0.2, 0) is 6.54 Å².